The molecule has 2 heterocycles. The van der Waals surface area contributed by atoms with Gasteiger partial charge in [-0.3, -0.25) is 4.98 Å². The number of aromatic nitrogens is 2. The summed E-state index contributed by atoms with van der Waals surface area (Å²) in [7, 11) is -1.92. The van der Waals surface area contributed by atoms with Gasteiger partial charge in [-0.2, -0.15) is 0 Å². The van der Waals surface area contributed by atoms with Gasteiger partial charge in [-0.25, -0.2) is 0 Å². The molecule has 0 spiro atoms. The molecule has 0 bridgehead atoms. The van der Waals surface area contributed by atoms with E-state index in [-0.39, 0.29) is 0 Å². The maximum Gasteiger partial charge on any atom is 0.169 e. The molecule has 0 radical (unpaired) electrons. The van der Waals surface area contributed by atoms with E-state index >= 15 is 0 Å². The van der Waals surface area contributed by atoms with Crippen molar-refractivity contribution in [3.8, 4) is 22.5 Å². The molecule has 28 heavy (non-hydrogen) atoms. The van der Waals surface area contributed by atoms with Crippen LogP contribution >= 0.6 is 15.9 Å². The zero-order valence-corrected chi connectivity index (χ0v) is 20.4. The van der Waals surface area contributed by atoms with E-state index in [1.54, 1.807) is 0 Å². The van der Waals surface area contributed by atoms with Crippen molar-refractivity contribution in [1.82, 2.24) is 9.22 Å². The van der Waals surface area contributed by atoms with E-state index in [9.17, 15) is 0 Å². The molecule has 0 saturated carbocycles. The molecule has 4 heteroatoms. The van der Waals surface area contributed by atoms with Crippen molar-refractivity contribution in [3.05, 3.63) is 65.4 Å². The highest BCUT2D eigenvalue weighted by Gasteiger charge is 2.47. The maximum atomic E-state index is 4.70. The summed E-state index contributed by atoms with van der Waals surface area (Å²) in [4.78, 5) is 4.70. The minimum Gasteiger partial charge on any atom is -0.372 e. The van der Waals surface area contributed by atoms with Crippen LogP contribution in [0.25, 0.3) is 22.5 Å². The molecule has 3 aromatic rings. The molecule has 0 amide bonds. The number of nitrogens with zero attached hydrogens (tertiary/aromatic N) is 2. The molecule has 0 atom stereocenters. The second-order valence-electron chi connectivity index (χ2n) is 8.50. The van der Waals surface area contributed by atoms with Gasteiger partial charge in [-0.15, -0.1) is 0 Å². The van der Waals surface area contributed by atoms with Gasteiger partial charge in [-0.1, -0.05) is 77.9 Å². The van der Waals surface area contributed by atoms with Gasteiger partial charge >= 0.3 is 0 Å². The Morgan fingerprint density at radius 3 is 1.89 bits per heavy atom. The third-order valence-electron chi connectivity index (χ3n) is 6.12. The first-order valence-corrected chi connectivity index (χ1v) is 13.2. The summed E-state index contributed by atoms with van der Waals surface area (Å²) in [5.74, 6) is 0. The van der Waals surface area contributed by atoms with Crippen molar-refractivity contribution < 1.29 is 0 Å². The van der Waals surface area contributed by atoms with Gasteiger partial charge < -0.3 is 4.23 Å². The van der Waals surface area contributed by atoms with Crippen LogP contribution in [0.4, 0.5) is 0 Å². The predicted molar refractivity (Wildman–Crippen MR) is 127 cm³/mol. The minimum absolute atomic E-state index is 0.617. The zero-order valence-electron chi connectivity index (χ0n) is 17.8. The van der Waals surface area contributed by atoms with Gasteiger partial charge in [0.15, 0.2) is 8.24 Å². The smallest absolute Gasteiger partial charge is 0.169 e. The van der Waals surface area contributed by atoms with Crippen LogP contribution in [-0.2, 0) is 0 Å². The molecule has 3 rings (SSSR count). The maximum absolute atomic E-state index is 4.70. The van der Waals surface area contributed by atoms with Crippen molar-refractivity contribution >= 4 is 24.2 Å². The number of pyridine rings is 1. The van der Waals surface area contributed by atoms with Crippen LogP contribution in [0.5, 0.6) is 0 Å². The molecule has 0 unspecified atom stereocenters. The molecule has 0 fully saturated rings. The number of halogens is 1. The number of hydrogen-bond acceptors (Lipinski definition) is 1. The molecule has 1 aromatic carbocycles. The van der Waals surface area contributed by atoms with Crippen molar-refractivity contribution in [2.45, 2.75) is 58.2 Å². The fraction of sp³-hybridized carbons (Fsp3) is 0.375. The van der Waals surface area contributed by atoms with E-state index < -0.39 is 8.24 Å². The third-order valence-corrected chi connectivity index (χ3v) is 13.5. The van der Waals surface area contributed by atoms with Crippen molar-refractivity contribution in [1.29, 1.82) is 0 Å². The van der Waals surface area contributed by atoms with Crippen LogP contribution in [-0.4, -0.2) is 17.5 Å². The van der Waals surface area contributed by atoms with E-state index in [2.05, 4.69) is 110 Å². The van der Waals surface area contributed by atoms with Crippen LogP contribution in [0, 0.1) is 0 Å². The van der Waals surface area contributed by atoms with Crippen LogP contribution < -0.4 is 0 Å². The summed E-state index contributed by atoms with van der Waals surface area (Å²) >= 11 is 3.90. The molecule has 2 nitrogen and oxygen atoms in total. The van der Waals surface area contributed by atoms with Crippen LogP contribution in [0.1, 0.15) is 41.5 Å². The molecule has 0 aliphatic rings. The molecule has 148 valence electrons. The summed E-state index contributed by atoms with van der Waals surface area (Å²) in [6.45, 7) is 14.5. The summed E-state index contributed by atoms with van der Waals surface area (Å²) < 4.78 is 3.81. The quantitative estimate of drug-likeness (QED) is 0.344. The lowest BCUT2D eigenvalue weighted by molar-refractivity contribution is 0.767. The molecule has 0 N–H and O–H groups in total. The molecular formula is C24H31BrN2Si. The van der Waals surface area contributed by atoms with Crippen LogP contribution in [0.3, 0.4) is 0 Å². The minimum atomic E-state index is -1.92. The lowest BCUT2D eigenvalue weighted by Crippen LogP contribution is -2.52. The Hall–Kier alpha value is -1.65. The molecule has 0 aliphatic heterocycles. The average Bonchev–Trinajstić information content (AvgIpc) is 3.00. The molecule has 0 saturated heterocycles. The SMILES string of the molecule is CC(C)[Si](C(C)C)(C(C)C)n1cc(Br)c(-c2ccccn2)c1-c1ccccc1. The fourth-order valence-electron chi connectivity index (χ4n) is 5.25. The highest BCUT2D eigenvalue weighted by atomic mass is 79.9. The van der Waals surface area contributed by atoms with Gasteiger partial charge in [0.1, 0.15) is 0 Å². The lowest BCUT2D eigenvalue weighted by Gasteiger charge is -2.45. The largest absolute Gasteiger partial charge is 0.372 e. The summed E-state index contributed by atoms with van der Waals surface area (Å²) in [6, 6.07) is 17.0. The second kappa shape index (κ2) is 8.38. The zero-order chi connectivity index (χ0) is 20.5. The molecular weight excluding hydrogens is 424 g/mol. The van der Waals surface area contributed by atoms with Crippen molar-refractivity contribution in [2.24, 2.45) is 0 Å². The van der Waals surface area contributed by atoms with Crippen LogP contribution in [0.2, 0.25) is 16.6 Å². The summed E-state index contributed by atoms with van der Waals surface area (Å²) in [5.41, 5.74) is 6.63. The van der Waals surface area contributed by atoms with E-state index in [1.807, 2.05) is 12.3 Å². The first-order valence-electron chi connectivity index (χ1n) is 10.2. The second-order valence-corrected chi connectivity index (χ2v) is 15.1. The first kappa shape index (κ1) is 21.1. The van der Waals surface area contributed by atoms with Gasteiger partial charge in [0.25, 0.3) is 0 Å². The van der Waals surface area contributed by atoms with E-state index in [4.69, 9.17) is 4.98 Å². The van der Waals surface area contributed by atoms with Crippen molar-refractivity contribution in [3.63, 3.8) is 0 Å². The number of hydrogen-bond donors (Lipinski definition) is 0. The Balaban J connectivity index is 2.43. The fourth-order valence-corrected chi connectivity index (χ4v) is 12.7. The van der Waals surface area contributed by atoms with Crippen LogP contribution in [0.15, 0.2) is 65.4 Å². The average molecular weight is 456 g/mol. The molecule has 0 aliphatic carbocycles. The lowest BCUT2D eigenvalue weighted by atomic mass is 10.1. The Bertz CT molecular complexity index is 893. The standard InChI is InChI=1S/C24H31BrN2Si/c1-17(2)28(18(3)4,19(5)6)27-16-21(25)23(22-14-10-11-15-26-22)24(27)20-12-8-7-9-13-20/h7-19H,1-6H3. The Labute approximate surface area is 179 Å². The highest BCUT2D eigenvalue weighted by Crippen LogP contribution is 2.48. The Morgan fingerprint density at radius 2 is 1.39 bits per heavy atom. The van der Waals surface area contributed by atoms with Gasteiger partial charge in [0, 0.05) is 22.4 Å². The molecule has 2 aromatic heterocycles. The van der Waals surface area contributed by atoms with Gasteiger partial charge in [-0.05, 0) is 50.2 Å². The third kappa shape index (κ3) is 3.41. The number of benzene rings is 1. The normalized spacial score (nSPS) is 12.4. The highest BCUT2D eigenvalue weighted by molar-refractivity contribution is 9.10. The summed E-state index contributed by atoms with van der Waals surface area (Å²) in [6.07, 6.45) is 4.23. The Morgan fingerprint density at radius 1 is 0.821 bits per heavy atom. The van der Waals surface area contributed by atoms with E-state index in [0.29, 0.717) is 16.6 Å². The monoisotopic (exact) mass is 454 g/mol. The Kier molecular flexibility index (Phi) is 6.30. The van der Waals surface area contributed by atoms with E-state index in [0.717, 1.165) is 10.2 Å². The van der Waals surface area contributed by atoms with Gasteiger partial charge in [0.05, 0.1) is 11.4 Å². The summed E-state index contributed by atoms with van der Waals surface area (Å²) in [5, 5.41) is 0. The van der Waals surface area contributed by atoms with Crippen molar-refractivity contribution in [2.75, 3.05) is 0 Å². The number of rotatable bonds is 6. The first-order chi connectivity index (χ1) is 13.3. The van der Waals surface area contributed by atoms with E-state index in [1.165, 1.54) is 16.8 Å². The predicted octanol–water partition coefficient (Wildman–Crippen LogP) is 8.00. The van der Waals surface area contributed by atoms with Gasteiger partial charge in [0.2, 0.25) is 0 Å². The topological polar surface area (TPSA) is 17.8 Å².